The van der Waals surface area contributed by atoms with Crippen molar-refractivity contribution in [3.63, 3.8) is 0 Å². The van der Waals surface area contributed by atoms with Gasteiger partial charge < -0.3 is 5.21 Å². The average Bonchev–Trinajstić information content (AvgIpc) is 2.43. The Morgan fingerprint density at radius 1 is 1.50 bits per heavy atom. The maximum absolute atomic E-state index is 8.57. The van der Waals surface area contributed by atoms with E-state index in [1.54, 1.807) is 0 Å². The molecule has 1 saturated carbocycles. The summed E-state index contributed by atoms with van der Waals surface area (Å²) in [5.74, 6) is 0.593. The highest BCUT2D eigenvalue weighted by molar-refractivity contribution is 5.86. The number of hydrogen-bond acceptors (Lipinski definition) is 2. The van der Waals surface area contributed by atoms with Gasteiger partial charge in [0.05, 0.1) is 5.71 Å². The Morgan fingerprint density at radius 3 is 2.50 bits per heavy atom. The van der Waals surface area contributed by atoms with Gasteiger partial charge in [0.25, 0.3) is 0 Å². The Bertz CT molecular complexity index is 125. The molecule has 1 fully saturated rings. The van der Waals surface area contributed by atoms with E-state index >= 15 is 0 Å². The normalized spacial score (nSPS) is 21.9. The second kappa shape index (κ2) is 3.59. The molecule has 1 rings (SSSR count). The highest BCUT2D eigenvalue weighted by Crippen LogP contribution is 2.26. The van der Waals surface area contributed by atoms with Gasteiger partial charge in [0.2, 0.25) is 0 Å². The molecule has 0 spiro atoms. The molecule has 1 N–H and O–H groups in total. The molecule has 0 amide bonds. The lowest BCUT2D eigenvalue weighted by Crippen LogP contribution is -2.09. The second-order valence-electron chi connectivity index (χ2n) is 2.93. The van der Waals surface area contributed by atoms with Crippen LogP contribution in [0.3, 0.4) is 0 Å². The quantitative estimate of drug-likeness (QED) is 0.357. The van der Waals surface area contributed by atoms with Crippen molar-refractivity contribution < 1.29 is 5.21 Å². The Labute approximate surface area is 61.9 Å². The van der Waals surface area contributed by atoms with E-state index in [4.69, 9.17) is 5.21 Å². The molecule has 10 heavy (non-hydrogen) atoms. The van der Waals surface area contributed by atoms with Crippen LogP contribution in [0.25, 0.3) is 0 Å². The zero-order chi connectivity index (χ0) is 7.40. The van der Waals surface area contributed by atoms with Gasteiger partial charge in [-0.15, -0.1) is 0 Å². The summed E-state index contributed by atoms with van der Waals surface area (Å²) in [7, 11) is 0. The van der Waals surface area contributed by atoms with E-state index in [2.05, 4.69) is 5.16 Å². The van der Waals surface area contributed by atoms with Crippen LogP contribution in [0.2, 0.25) is 0 Å². The van der Waals surface area contributed by atoms with E-state index in [0.29, 0.717) is 5.92 Å². The van der Waals surface area contributed by atoms with Crippen LogP contribution < -0.4 is 0 Å². The molecule has 2 nitrogen and oxygen atoms in total. The van der Waals surface area contributed by atoms with E-state index < -0.39 is 0 Å². The van der Waals surface area contributed by atoms with E-state index in [1.165, 1.54) is 25.7 Å². The van der Waals surface area contributed by atoms with Gasteiger partial charge in [-0.3, -0.25) is 0 Å². The van der Waals surface area contributed by atoms with Gasteiger partial charge in [0.1, 0.15) is 0 Å². The summed E-state index contributed by atoms with van der Waals surface area (Å²) < 4.78 is 0. The number of rotatable bonds is 2. The SMILES string of the molecule is CCC(=NO)C1CCCC1. The first-order valence-corrected chi connectivity index (χ1v) is 4.09. The van der Waals surface area contributed by atoms with Gasteiger partial charge in [-0.1, -0.05) is 24.9 Å². The predicted octanol–water partition coefficient (Wildman–Crippen LogP) is 2.42. The molecule has 0 aromatic carbocycles. The largest absolute Gasteiger partial charge is 0.411 e. The minimum Gasteiger partial charge on any atom is -0.411 e. The molecule has 0 radical (unpaired) electrons. The van der Waals surface area contributed by atoms with E-state index in [-0.39, 0.29) is 0 Å². The van der Waals surface area contributed by atoms with Gasteiger partial charge in [0.15, 0.2) is 0 Å². The lowest BCUT2D eigenvalue weighted by molar-refractivity contribution is 0.313. The Morgan fingerprint density at radius 2 is 2.10 bits per heavy atom. The van der Waals surface area contributed by atoms with Crippen molar-refractivity contribution in [2.45, 2.75) is 39.0 Å². The standard InChI is InChI=1S/C8H15NO/c1-2-8(9-10)7-5-3-4-6-7/h7,10H,2-6H2,1H3. The first-order chi connectivity index (χ1) is 4.88. The molecule has 0 aromatic heterocycles. The number of hydrogen-bond donors (Lipinski definition) is 1. The summed E-state index contributed by atoms with van der Waals surface area (Å²) in [6.07, 6.45) is 5.98. The maximum atomic E-state index is 8.57. The fraction of sp³-hybridized carbons (Fsp3) is 0.875. The summed E-state index contributed by atoms with van der Waals surface area (Å²) in [6, 6.07) is 0. The van der Waals surface area contributed by atoms with Crippen LogP contribution in [0.15, 0.2) is 5.16 Å². The summed E-state index contributed by atoms with van der Waals surface area (Å²) in [5, 5.41) is 11.9. The molecule has 0 bridgehead atoms. The number of oxime groups is 1. The van der Waals surface area contributed by atoms with Gasteiger partial charge in [-0.2, -0.15) is 0 Å². The molecule has 1 aliphatic rings. The van der Waals surface area contributed by atoms with E-state index in [0.717, 1.165) is 12.1 Å². The molecule has 2 heteroatoms. The van der Waals surface area contributed by atoms with Crippen molar-refractivity contribution in [1.29, 1.82) is 0 Å². The summed E-state index contributed by atoms with van der Waals surface area (Å²) in [6.45, 7) is 2.05. The molecule has 0 heterocycles. The van der Waals surface area contributed by atoms with Crippen LogP contribution in [-0.2, 0) is 0 Å². The van der Waals surface area contributed by atoms with Crippen molar-refractivity contribution in [1.82, 2.24) is 0 Å². The van der Waals surface area contributed by atoms with E-state index in [9.17, 15) is 0 Å². The molecule has 0 saturated heterocycles. The topological polar surface area (TPSA) is 32.6 Å². The van der Waals surface area contributed by atoms with Crippen molar-refractivity contribution in [3.8, 4) is 0 Å². The van der Waals surface area contributed by atoms with Crippen LogP contribution in [0.1, 0.15) is 39.0 Å². The van der Waals surface area contributed by atoms with Crippen molar-refractivity contribution in [3.05, 3.63) is 0 Å². The van der Waals surface area contributed by atoms with Crippen LogP contribution in [0, 0.1) is 5.92 Å². The lowest BCUT2D eigenvalue weighted by atomic mass is 10.0. The van der Waals surface area contributed by atoms with Gasteiger partial charge in [-0.25, -0.2) is 0 Å². The molecule has 1 aliphatic carbocycles. The minimum absolute atomic E-state index is 0.593. The molecular formula is C8H15NO. The highest BCUT2D eigenvalue weighted by Gasteiger charge is 2.19. The zero-order valence-corrected chi connectivity index (χ0v) is 6.51. The van der Waals surface area contributed by atoms with Crippen molar-refractivity contribution in [2.24, 2.45) is 11.1 Å². The molecule has 0 atom stereocenters. The summed E-state index contributed by atoms with van der Waals surface area (Å²) >= 11 is 0. The molecule has 0 unspecified atom stereocenters. The highest BCUT2D eigenvalue weighted by atomic mass is 16.4. The molecule has 0 aromatic rings. The predicted molar refractivity (Wildman–Crippen MR) is 41.5 cm³/mol. The third kappa shape index (κ3) is 1.49. The van der Waals surface area contributed by atoms with Gasteiger partial charge in [-0.05, 0) is 19.3 Å². The van der Waals surface area contributed by atoms with Crippen LogP contribution in [0.4, 0.5) is 0 Å². The Hall–Kier alpha value is -0.530. The molecular weight excluding hydrogens is 126 g/mol. The van der Waals surface area contributed by atoms with Crippen molar-refractivity contribution >= 4 is 5.71 Å². The van der Waals surface area contributed by atoms with Crippen LogP contribution >= 0.6 is 0 Å². The monoisotopic (exact) mass is 141 g/mol. The first kappa shape index (κ1) is 7.58. The van der Waals surface area contributed by atoms with Gasteiger partial charge >= 0.3 is 0 Å². The Balaban J connectivity index is 2.45. The van der Waals surface area contributed by atoms with Crippen LogP contribution in [0.5, 0.6) is 0 Å². The average molecular weight is 141 g/mol. The second-order valence-corrected chi connectivity index (χ2v) is 2.93. The molecule has 0 aliphatic heterocycles. The summed E-state index contributed by atoms with van der Waals surface area (Å²) in [4.78, 5) is 0. The first-order valence-electron chi connectivity index (χ1n) is 4.09. The maximum Gasteiger partial charge on any atom is 0.0598 e. The van der Waals surface area contributed by atoms with Gasteiger partial charge in [0, 0.05) is 5.92 Å². The number of nitrogens with zero attached hydrogens (tertiary/aromatic N) is 1. The molecule has 58 valence electrons. The minimum atomic E-state index is 0.593. The van der Waals surface area contributed by atoms with E-state index in [1.807, 2.05) is 6.92 Å². The third-order valence-electron chi connectivity index (χ3n) is 2.32. The van der Waals surface area contributed by atoms with Crippen LogP contribution in [-0.4, -0.2) is 10.9 Å². The third-order valence-corrected chi connectivity index (χ3v) is 2.32. The van der Waals surface area contributed by atoms with Crippen molar-refractivity contribution in [2.75, 3.05) is 0 Å². The fourth-order valence-electron chi connectivity index (χ4n) is 1.70. The zero-order valence-electron chi connectivity index (χ0n) is 6.51. The summed E-state index contributed by atoms with van der Waals surface area (Å²) in [5.41, 5.74) is 0.998. The lowest BCUT2D eigenvalue weighted by Gasteiger charge is -2.07. The smallest absolute Gasteiger partial charge is 0.0598 e. The fourth-order valence-corrected chi connectivity index (χ4v) is 1.70. The Kier molecular flexibility index (Phi) is 2.72.